The number of anilines is 2. The van der Waals surface area contributed by atoms with Gasteiger partial charge in [-0.2, -0.15) is 0 Å². The molecule has 0 aliphatic carbocycles. The predicted octanol–water partition coefficient (Wildman–Crippen LogP) is 5.37. The number of benzene rings is 3. The lowest BCUT2D eigenvalue weighted by molar-refractivity contribution is -0.120. The van der Waals surface area contributed by atoms with Gasteiger partial charge in [0.25, 0.3) is 10.0 Å². The fourth-order valence-electron chi connectivity index (χ4n) is 4.30. The van der Waals surface area contributed by atoms with Crippen LogP contribution in [0.15, 0.2) is 71.6 Å². The molecule has 1 atom stereocenters. The van der Waals surface area contributed by atoms with E-state index >= 15 is 0 Å². The number of sulfonamides is 2. The number of carbonyl (C=O) groups is 1. The second-order valence-electron chi connectivity index (χ2n) is 9.27. The van der Waals surface area contributed by atoms with Gasteiger partial charge in [-0.15, -0.1) is 0 Å². The fraction of sp³-hybridized carbons (Fsp3) is 0.296. The summed E-state index contributed by atoms with van der Waals surface area (Å²) in [7, 11) is -7.57. The lowest BCUT2D eigenvalue weighted by atomic mass is 9.99. The van der Waals surface area contributed by atoms with Crippen LogP contribution >= 0.6 is 23.2 Å². The molecule has 3 aromatic carbocycles. The molecule has 4 rings (SSSR count). The summed E-state index contributed by atoms with van der Waals surface area (Å²) < 4.78 is 60.9. The molecule has 0 bridgehead atoms. The number of hydrogen-bond donors (Lipinski definition) is 2. The number of piperidine rings is 1. The van der Waals surface area contributed by atoms with Gasteiger partial charge in [0.2, 0.25) is 15.9 Å². The third-order valence-electron chi connectivity index (χ3n) is 6.35. The molecule has 1 fully saturated rings. The van der Waals surface area contributed by atoms with Crippen LogP contribution in [0.2, 0.25) is 10.0 Å². The van der Waals surface area contributed by atoms with Gasteiger partial charge in [-0.3, -0.25) is 9.52 Å². The molecule has 1 aliphatic heterocycles. The van der Waals surface area contributed by atoms with Gasteiger partial charge in [-0.05, 0) is 86.0 Å². The first kappa shape index (κ1) is 30.1. The van der Waals surface area contributed by atoms with Crippen LogP contribution in [-0.4, -0.2) is 46.7 Å². The summed E-state index contributed by atoms with van der Waals surface area (Å²) in [6.45, 7) is 2.72. The Morgan fingerprint density at radius 1 is 0.975 bits per heavy atom. The van der Waals surface area contributed by atoms with Crippen molar-refractivity contribution in [1.29, 1.82) is 0 Å². The van der Waals surface area contributed by atoms with Crippen molar-refractivity contribution in [3.8, 4) is 5.75 Å². The van der Waals surface area contributed by atoms with Crippen molar-refractivity contribution in [2.75, 3.05) is 29.7 Å². The van der Waals surface area contributed by atoms with Crippen LogP contribution in [0.1, 0.15) is 25.3 Å². The van der Waals surface area contributed by atoms with Crippen molar-refractivity contribution in [2.24, 2.45) is 5.92 Å². The standard InChI is InChI=1S/C27H29Cl2N3O6S2/c1-2-38-24-11-7-23(8-12-24)31-40(36,37)25-13-9-22(10-14-25)30-27(33)19-4-3-15-32(17-19)39(34,35)18-20-5-6-21(28)16-26(20)29/h5-14,16,19,31H,2-4,15,17-18H2,1H3,(H,30,33). The number of nitrogens with zero attached hydrogens (tertiary/aromatic N) is 1. The molecule has 1 amide bonds. The Kier molecular flexibility index (Phi) is 9.63. The Morgan fingerprint density at radius 3 is 2.30 bits per heavy atom. The van der Waals surface area contributed by atoms with Crippen LogP contribution in [-0.2, 0) is 30.6 Å². The van der Waals surface area contributed by atoms with Gasteiger partial charge in [0.1, 0.15) is 5.75 Å². The van der Waals surface area contributed by atoms with Crippen molar-refractivity contribution < 1.29 is 26.4 Å². The predicted molar refractivity (Wildman–Crippen MR) is 157 cm³/mol. The van der Waals surface area contributed by atoms with E-state index in [1.54, 1.807) is 36.4 Å². The third kappa shape index (κ3) is 7.67. The molecule has 9 nitrogen and oxygen atoms in total. The number of amides is 1. The summed E-state index contributed by atoms with van der Waals surface area (Å²) in [5.74, 6) is -0.561. The number of carbonyl (C=O) groups excluding carboxylic acids is 1. The summed E-state index contributed by atoms with van der Waals surface area (Å²) in [4.78, 5) is 13.0. The molecule has 2 N–H and O–H groups in total. The number of halogens is 2. The van der Waals surface area contributed by atoms with Crippen molar-refractivity contribution in [3.63, 3.8) is 0 Å². The number of ether oxygens (including phenoxy) is 1. The van der Waals surface area contributed by atoms with Gasteiger partial charge in [0.05, 0.1) is 23.2 Å². The zero-order valence-corrected chi connectivity index (χ0v) is 24.8. The maximum atomic E-state index is 13.1. The quantitative estimate of drug-likeness (QED) is 0.312. The van der Waals surface area contributed by atoms with E-state index in [0.29, 0.717) is 53.7 Å². The van der Waals surface area contributed by atoms with Crippen molar-refractivity contribution in [2.45, 2.75) is 30.4 Å². The summed E-state index contributed by atoms with van der Waals surface area (Å²) in [5.41, 5.74) is 1.22. The molecular formula is C27H29Cl2N3O6S2. The highest BCUT2D eigenvalue weighted by molar-refractivity contribution is 7.92. The Balaban J connectivity index is 1.36. The minimum atomic E-state index is -3.85. The molecule has 1 heterocycles. The molecular weight excluding hydrogens is 597 g/mol. The maximum Gasteiger partial charge on any atom is 0.261 e. The van der Waals surface area contributed by atoms with E-state index in [4.69, 9.17) is 27.9 Å². The number of hydrogen-bond acceptors (Lipinski definition) is 6. The molecule has 214 valence electrons. The van der Waals surface area contributed by atoms with E-state index in [1.807, 2.05) is 6.92 Å². The first-order chi connectivity index (χ1) is 19.0. The average molecular weight is 627 g/mol. The second kappa shape index (κ2) is 12.8. The Hall–Kier alpha value is -2.83. The molecule has 1 aliphatic rings. The molecule has 40 heavy (non-hydrogen) atoms. The lowest BCUT2D eigenvalue weighted by Gasteiger charge is -2.31. The smallest absolute Gasteiger partial charge is 0.261 e. The molecule has 13 heteroatoms. The highest BCUT2D eigenvalue weighted by Crippen LogP contribution is 2.27. The number of rotatable bonds is 10. The van der Waals surface area contributed by atoms with Crippen LogP contribution in [0, 0.1) is 5.92 Å². The number of nitrogens with one attached hydrogen (secondary N) is 2. The average Bonchev–Trinajstić information content (AvgIpc) is 2.92. The zero-order chi connectivity index (χ0) is 28.9. The molecule has 0 saturated carbocycles. The molecule has 0 radical (unpaired) electrons. The van der Waals surface area contributed by atoms with E-state index in [-0.39, 0.29) is 28.1 Å². The van der Waals surface area contributed by atoms with Crippen LogP contribution in [0.3, 0.4) is 0 Å². The van der Waals surface area contributed by atoms with Crippen molar-refractivity contribution in [1.82, 2.24) is 4.31 Å². The maximum absolute atomic E-state index is 13.1. The van der Waals surface area contributed by atoms with E-state index in [9.17, 15) is 21.6 Å². The van der Waals surface area contributed by atoms with Crippen molar-refractivity contribution >= 4 is 60.5 Å². The van der Waals surface area contributed by atoms with E-state index in [0.717, 1.165) is 0 Å². The topological polar surface area (TPSA) is 122 Å². The Labute approximate surface area is 244 Å². The molecule has 1 saturated heterocycles. The largest absolute Gasteiger partial charge is 0.494 e. The minimum Gasteiger partial charge on any atom is -0.494 e. The van der Waals surface area contributed by atoms with Gasteiger partial charge >= 0.3 is 0 Å². The van der Waals surface area contributed by atoms with Gasteiger partial charge in [0, 0.05) is 34.5 Å². The van der Waals surface area contributed by atoms with Crippen LogP contribution in [0.4, 0.5) is 11.4 Å². The molecule has 0 aromatic heterocycles. The molecule has 0 spiro atoms. The first-order valence-electron chi connectivity index (χ1n) is 12.6. The summed E-state index contributed by atoms with van der Waals surface area (Å²) in [6, 6.07) is 17.0. The van der Waals surface area contributed by atoms with Gasteiger partial charge in [-0.25, -0.2) is 21.1 Å². The van der Waals surface area contributed by atoms with E-state index in [1.165, 1.54) is 34.6 Å². The minimum absolute atomic E-state index is 0.0233. The van der Waals surface area contributed by atoms with Crippen LogP contribution in [0.5, 0.6) is 5.75 Å². The third-order valence-corrected chi connectivity index (χ3v) is 10.1. The van der Waals surface area contributed by atoms with Gasteiger partial charge < -0.3 is 10.1 Å². The highest BCUT2D eigenvalue weighted by Gasteiger charge is 2.33. The van der Waals surface area contributed by atoms with Crippen LogP contribution in [0.25, 0.3) is 0 Å². The van der Waals surface area contributed by atoms with Crippen LogP contribution < -0.4 is 14.8 Å². The van der Waals surface area contributed by atoms with E-state index < -0.39 is 26.0 Å². The van der Waals surface area contributed by atoms with Gasteiger partial charge in [-0.1, -0.05) is 29.3 Å². The Morgan fingerprint density at radius 2 is 1.65 bits per heavy atom. The zero-order valence-electron chi connectivity index (χ0n) is 21.6. The van der Waals surface area contributed by atoms with Crippen molar-refractivity contribution in [3.05, 3.63) is 82.3 Å². The first-order valence-corrected chi connectivity index (χ1v) is 16.4. The Bertz CT molecular complexity index is 1560. The highest BCUT2D eigenvalue weighted by atomic mass is 35.5. The lowest BCUT2D eigenvalue weighted by Crippen LogP contribution is -2.44. The SMILES string of the molecule is CCOc1ccc(NS(=O)(=O)c2ccc(NC(=O)C3CCCN(S(=O)(=O)Cc4ccc(Cl)cc4Cl)C3)cc2)cc1. The summed E-state index contributed by atoms with van der Waals surface area (Å²) in [5, 5.41) is 3.45. The van der Waals surface area contributed by atoms with E-state index in [2.05, 4.69) is 10.0 Å². The normalized spacial score (nSPS) is 16.3. The second-order valence-corrected chi connectivity index (χ2v) is 13.8. The van der Waals surface area contributed by atoms with Gasteiger partial charge in [0.15, 0.2) is 0 Å². The fourth-order valence-corrected chi connectivity index (χ4v) is 7.55. The summed E-state index contributed by atoms with van der Waals surface area (Å²) in [6.07, 6.45) is 1.05. The molecule has 1 unspecified atom stereocenters. The summed E-state index contributed by atoms with van der Waals surface area (Å²) >= 11 is 12.1. The molecule has 3 aromatic rings. The monoisotopic (exact) mass is 625 g/mol.